The van der Waals surface area contributed by atoms with Crippen LogP contribution in [0.15, 0.2) is 0 Å². The van der Waals surface area contributed by atoms with E-state index in [1.165, 1.54) is 0 Å². The Bertz CT molecular complexity index is 486. The molecule has 1 N–H and O–H groups in total. The summed E-state index contributed by atoms with van der Waals surface area (Å²) in [4.78, 5) is 0. The highest BCUT2D eigenvalue weighted by Gasteiger charge is 2.87. The molecule has 0 amide bonds. The molecular weight excluding hydrogens is 361 g/mol. The van der Waals surface area contributed by atoms with Gasteiger partial charge in [-0.2, -0.15) is 34.8 Å². The first-order valence-electron chi connectivity index (χ1n) is 4.24. The highest BCUT2D eigenvalue weighted by Crippen LogP contribution is 2.56. The van der Waals surface area contributed by atoms with Crippen molar-refractivity contribution in [3.63, 3.8) is 0 Å². The average Bonchev–Trinajstić information content (AvgIpc) is 2.24. The van der Waals surface area contributed by atoms with E-state index in [1.807, 2.05) is 0 Å². The first kappa shape index (κ1) is 20.1. The Labute approximate surface area is 108 Å². The molecular formula is C6H3F11O3S. The summed E-state index contributed by atoms with van der Waals surface area (Å²) >= 11 is 0. The fourth-order valence-electron chi connectivity index (χ4n) is 0.972. The van der Waals surface area contributed by atoms with E-state index in [4.69, 9.17) is 4.55 Å². The van der Waals surface area contributed by atoms with Crippen molar-refractivity contribution < 1.29 is 61.3 Å². The second kappa shape index (κ2) is 5.10. The maximum Gasteiger partial charge on any atom is 0.382 e. The third-order valence-electron chi connectivity index (χ3n) is 2.17. The van der Waals surface area contributed by atoms with Gasteiger partial charge in [0.2, 0.25) is 0 Å². The van der Waals surface area contributed by atoms with Crippen molar-refractivity contribution in [2.24, 2.45) is 0 Å². The van der Waals surface area contributed by atoms with E-state index in [2.05, 4.69) is 0 Å². The Morgan fingerprint density at radius 3 is 1.24 bits per heavy atom. The predicted octanol–water partition coefficient (Wildman–Crippen LogP) is 2.98. The third-order valence-corrected chi connectivity index (χ3v) is 3.36. The normalized spacial score (nSPS) is 18.2. The standard InChI is InChI=1S/C6H3F11O3S/c7-1(8)3(11,12)5(14,15)6(16,17)4(13,2(9)10)21(18,19)20/h1-2H,(H,18,19,20). The number of rotatable bonds is 6. The lowest BCUT2D eigenvalue weighted by Gasteiger charge is -2.37. The van der Waals surface area contributed by atoms with Gasteiger partial charge in [-0.15, -0.1) is 0 Å². The molecule has 0 bridgehead atoms. The summed E-state index contributed by atoms with van der Waals surface area (Å²) in [6.07, 6.45) is -11.2. The zero-order chi connectivity index (χ0) is 17.7. The van der Waals surface area contributed by atoms with Gasteiger partial charge in [0, 0.05) is 0 Å². The predicted molar refractivity (Wildman–Crippen MR) is 42.2 cm³/mol. The minimum atomic E-state index is -7.60. The molecule has 15 heteroatoms. The van der Waals surface area contributed by atoms with E-state index in [-0.39, 0.29) is 0 Å². The van der Waals surface area contributed by atoms with Gasteiger partial charge in [-0.25, -0.2) is 22.0 Å². The summed E-state index contributed by atoms with van der Waals surface area (Å²) in [5.74, 6) is -22.2. The third kappa shape index (κ3) is 2.53. The van der Waals surface area contributed by atoms with Gasteiger partial charge in [0.15, 0.2) is 0 Å². The quantitative estimate of drug-likeness (QED) is 0.583. The van der Waals surface area contributed by atoms with Crippen LogP contribution >= 0.6 is 0 Å². The minimum absolute atomic E-state index is 5.58. The van der Waals surface area contributed by atoms with Gasteiger partial charge in [-0.1, -0.05) is 0 Å². The molecule has 1 atom stereocenters. The van der Waals surface area contributed by atoms with Crippen molar-refractivity contribution in [2.45, 2.75) is 35.6 Å². The number of hydrogen-bond acceptors (Lipinski definition) is 2. The fraction of sp³-hybridized carbons (Fsp3) is 1.00. The molecule has 0 aromatic rings. The maximum atomic E-state index is 13.1. The van der Waals surface area contributed by atoms with Crippen LogP contribution < -0.4 is 0 Å². The van der Waals surface area contributed by atoms with Gasteiger partial charge in [-0.3, -0.25) is 4.55 Å². The number of halogens is 11. The molecule has 0 aliphatic heterocycles. The molecule has 0 saturated carbocycles. The largest absolute Gasteiger partial charge is 0.382 e. The summed E-state index contributed by atoms with van der Waals surface area (Å²) < 4.78 is 164. The average molecular weight is 364 g/mol. The van der Waals surface area contributed by atoms with Crippen molar-refractivity contribution >= 4 is 10.1 Å². The van der Waals surface area contributed by atoms with Gasteiger partial charge in [-0.05, 0) is 0 Å². The molecule has 0 fully saturated rings. The Hall–Kier alpha value is -0.860. The first-order chi connectivity index (χ1) is 8.89. The van der Waals surface area contributed by atoms with Crippen molar-refractivity contribution in [3.05, 3.63) is 0 Å². The smallest absolute Gasteiger partial charge is 0.283 e. The van der Waals surface area contributed by atoms with E-state index in [0.29, 0.717) is 0 Å². The Kier molecular flexibility index (Phi) is 4.89. The lowest BCUT2D eigenvalue weighted by Crippen LogP contribution is -2.69. The van der Waals surface area contributed by atoms with Crippen LogP contribution in [0, 0.1) is 0 Å². The van der Waals surface area contributed by atoms with E-state index < -0.39 is 45.7 Å². The molecule has 0 aromatic carbocycles. The van der Waals surface area contributed by atoms with Crippen LogP contribution in [0.2, 0.25) is 0 Å². The fourth-order valence-corrected chi connectivity index (χ4v) is 1.65. The highest BCUT2D eigenvalue weighted by molar-refractivity contribution is 7.87. The molecule has 0 saturated heterocycles. The highest BCUT2D eigenvalue weighted by atomic mass is 32.2. The molecule has 0 aliphatic rings. The van der Waals surface area contributed by atoms with Crippen LogP contribution in [0.5, 0.6) is 0 Å². The lowest BCUT2D eigenvalue weighted by atomic mass is 10.00. The first-order valence-corrected chi connectivity index (χ1v) is 5.68. The Morgan fingerprint density at radius 2 is 1.05 bits per heavy atom. The van der Waals surface area contributed by atoms with Crippen molar-refractivity contribution in [3.8, 4) is 0 Å². The molecule has 3 nitrogen and oxygen atoms in total. The van der Waals surface area contributed by atoms with Crippen LogP contribution in [0.25, 0.3) is 0 Å². The summed E-state index contributed by atoms with van der Waals surface area (Å²) in [7, 11) is -7.42. The van der Waals surface area contributed by atoms with E-state index in [9.17, 15) is 56.7 Å². The summed E-state index contributed by atoms with van der Waals surface area (Å²) in [5.41, 5.74) is 0. The van der Waals surface area contributed by atoms with Crippen LogP contribution in [0.4, 0.5) is 48.3 Å². The molecule has 0 radical (unpaired) electrons. The molecule has 0 rings (SSSR count). The van der Waals surface area contributed by atoms with Crippen LogP contribution in [0.1, 0.15) is 0 Å². The van der Waals surface area contributed by atoms with E-state index in [1.54, 1.807) is 0 Å². The van der Waals surface area contributed by atoms with E-state index in [0.717, 1.165) is 0 Å². The molecule has 128 valence electrons. The molecule has 0 heterocycles. The van der Waals surface area contributed by atoms with Crippen molar-refractivity contribution in [2.75, 3.05) is 0 Å². The summed E-state index contributed by atoms with van der Waals surface area (Å²) in [5, 5.41) is -6.94. The second-order valence-corrected chi connectivity index (χ2v) is 5.04. The van der Waals surface area contributed by atoms with Gasteiger partial charge in [0.25, 0.3) is 6.43 Å². The number of alkyl halides is 11. The van der Waals surface area contributed by atoms with Gasteiger partial charge < -0.3 is 0 Å². The van der Waals surface area contributed by atoms with Crippen molar-refractivity contribution in [1.82, 2.24) is 0 Å². The lowest BCUT2D eigenvalue weighted by molar-refractivity contribution is -0.363. The SMILES string of the molecule is O=S(=O)(O)C(F)(C(F)F)C(F)(F)C(F)(F)C(F)(F)C(F)F. The molecule has 0 aromatic heterocycles. The van der Waals surface area contributed by atoms with Crippen molar-refractivity contribution in [1.29, 1.82) is 0 Å². The summed E-state index contributed by atoms with van der Waals surface area (Å²) in [6, 6.07) is 0. The summed E-state index contributed by atoms with van der Waals surface area (Å²) in [6.45, 7) is 0. The zero-order valence-corrected chi connectivity index (χ0v) is 9.80. The topological polar surface area (TPSA) is 54.4 Å². The molecule has 0 aliphatic carbocycles. The van der Waals surface area contributed by atoms with Gasteiger partial charge in [0.1, 0.15) is 0 Å². The van der Waals surface area contributed by atoms with Gasteiger partial charge >= 0.3 is 39.3 Å². The molecule has 1 unspecified atom stereocenters. The monoisotopic (exact) mass is 364 g/mol. The van der Waals surface area contributed by atoms with Crippen LogP contribution in [0.3, 0.4) is 0 Å². The zero-order valence-electron chi connectivity index (χ0n) is 8.98. The van der Waals surface area contributed by atoms with Crippen LogP contribution in [-0.4, -0.2) is 48.6 Å². The second-order valence-electron chi connectivity index (χ2n) is 3.49. The maximum absolute atomic E-state index is 13.1. The Morgan fingerprint density at radius 1 is 0.714 bits per heavy atom. The van der Waals surface area contributed by atoms with Gasteiger partial charge in [0.05, 0.1) is 0 Å². The van der Waals surface area contributed by atoms with Crippen LogP contribution in [-0.2, 0) is 10.1 Å². The van der Waals surface area contributed by atoms with E-state index >= 15 is 0 Å². The minimum Gasteiger partial charge on any atom is -0.283 e. The molecule has 0 spiro atoms. The number of hydrogen-bond donors (Lipinski definition) is 1. The Balaban J connectivity index is 6.43. The molecule has 21 heavy (non-hydrogen) atoms.